The second-order valence-corrected chi connectivity index (χ2v) is 3.01. The summed E-state index contributed by atoms with van der Waals surface area (Å²) in [6.45, 7) is 0.0690. The van der Waals surface area contributed by atoms with Gasteiger partial charge in [0.2, 0.25) is 5.88 Å². The fourth-order valence-corrected chi connectivity index (χ4v) is 1.02. The van der Waals surface area contributed by atoms with Gasteiger partial charge in [-0.25, -0.2) is 4.68 Å². The highest BCUT2D eigenvalue weighted by atomic mass is 35.5. The van der Waals surface area contributed by atoms with Crippen molar-refractivity contribution in [2.24, 2.45) is 0 Å². The number of aliphatic hydroxyl groups excluding tert-OH is 1. The van der Waals surface area contributed by atoms with E-state index in [0.717, 1.165) is 4.68 Å². The normalized spacial score (nSPS) is 12.5. The summed E-state index contributed by atoms with van der Waals surface area (Å²) in [5.74, 6) is 0.386. The molecule has 0 radical (unpaired) electrons. The van der Waals surface area contributed by atoms with E-state index in [-0.39, 0.29) is 18.0 Å². The minimum Gasteiger partial charge on any atom is -0.480 e. The highest BCUT2D eigenvalue weighted by Gasteiger charge is 2.06. The van der Waals surface area contributed by atoms with E-state index >= 15 is 0 Å². The van der Waals surface area contributed by atoms with Crippen LogP contribution in [0.2, 0.25) is 0 Å². The number of rotatable bonds is 4. The van der Waals surface area contributed by atoms with Crippen LogP contribution in [0.25, 0.3) is 0 Å². The highest BCUT2D eigenvalue weighted by molar-refractivity contribution is 6.18. The Hall–Kier alpha value is -1.07. The second kappa shape index (κ2) is 4.97. The van der Waals surface area contributed by atoms with Gasteiger partial charge in [-0.2, -0.15) is 0 Å². The summed E-state index contributed by atoms with van der Waals surface area (Å²) in [5, 5.41) is 13.1. The third-order valence-electron chi connectivity index (χ3n) is 1.61. The van der Waals surface area contributed by atoms with E-state index in [1.165, 1.54) is 19.2 Å². The standard InChI is InChI=1S/C8H11ClN2O3/c1-14-7-2-3-8(13)11(10-7)5-6(12)4-9/h2-3,6,12H,4-5H2,1H3. The minimum atomic E-state index is -0.783. The van der Waals surface area contributed by atoms with Gasteiger partial charge in [-0.1, -0.05) is 0 Å². The monoisotopic (exact) mass is 218 g/mol. The number of hydrogen-bond acceptors (Lipinski definition) is 4. The number of halogens is 1. The van der Waals surface area contributed by atoms with Gasteiger partial charge in [0.05, 0.1) is 25.6 Å². The molecular formula is C8H11ClN2O3. The molecule has 1 aromatic rings. The molecular weight excluding hydrogens is 208 g/mol. The number of hydrogen-bond donors (Lipinski definition) is 1. The number of methoxy groups -OCH3 is 1. The Balaban J connectivity index is 2.89. The van der Waals surface area contributed by atoms with E-state index in [4.69, 9.17) is 16.3 Å². The van der Waals surface area contributed by atoms with E-state index in [1.807, 2.05) is 0 Å². The molecule has 0 fully saturated rings. The number of aliphatic hydroxyl groups is 1. The summed E-state index contributed by atoms with van der Waals surface area (Å²) in [6, 6.07) is 2.79. The van der Waals surface area contributed by atoms with Gasteiger partial charge in [-0.05, 0) is 0 Å². The molecule has 0 spiro atoms. The largest absolute Gasteiger partial charge is 0.480 e. The van der Waals surface area contributed by atoms with Crippen LogP contribution in [0, 0.1) is 0 Å². The Kier molecular flexibility index (Phi) is 3.91. The summed E-state index contributed by atoms with van der Waals surface area (Å²) in [4.78, 5) is 11.2. The summed E-state index contributed by atoms with van der Waals surface area (Å²) in [6.07, 6.45) is -0.783. The van der Waals surface area contributed by atoms with Crippen molar-refractivity contribution in [2.45, 2.75) is 12.6 Å². The summed E-state index contributed by atoms with van der Waals surface area (Å²) in [5.41, 5.74) is -0.296. The lowest BCUT2D eigenvalue weighted by molar-refractivity contribution is 0.168. The fourth-order valence-electron chi connectivity index (χ4n) is 0.918. The quantitative estimate of drug-likeness (QED) is 0.714. The molecule has 0 saturated heterocycles. The number of aromatic nitrogens is 2. The first-order valence-corrected chi connectivity index (χ1v) is 4.57. The minimum absolute atomic E-state index is 0.0608. The first-order valence-electron chi connectivity index (χ1n) is 4.03. The predicted molar refractivity (Wildman–Crippen MR) is 51.8 cm³/mol. The van der Waals surface area contributed by atoms with Gasteiger partial charge in [-0.15, -0.1) is 16.7 Å². The molecule has 1 aromatic heterocycles. The van der Waals surface area contributed by atoms with Crippen LogP contribution in [0.3, 0.4) is 0 Å². The molecule has 1 atom stereocenters. The molecule has 0 aromatic carbocycles. The van der Waals surface area contributed by atoms with E-state index < -0.39 is 6.10 Å². The van der Waals surface area contributed by atoms with Crippen molar-refractivity contribution >= 4 is 11.6 Å². The zero-order valence-electron chi connectivity index (χ0n) is 7.68. The van der Waals surface area contributed by atoms with Crippen LogP contribution < -0.4 is 10.3 Å². The maximum atomic E-state index is 11.2. The Labute approximate surface area is 85.9 Å². The van der Waals surface area contributed by atoms with Crippen LogP contribution in [0.4, 0.5) is 0 Å². The number of alkyl halides is 1. The van der Waals surface area contributed by atoms with Gasteiger partial charge in [0.25, 0.3) is 5.56 Å². The Bertz CT molecular complexity index is 353. The Morgan fingerprint density at radius 1 is 1.71 bits per heavy atom. The van der Waals surface area contributed by atoms with Crippen LogP contribution >= 0.6 is 11.6 Å². The van der Waals surface area contributed by atoms with Gasteiger partial charge < -0.3 is 9.84 Å². The fraction of sp³-hybridized carbons (Fsp3) is 0.500. The average Bonchev–Trinajstić information content (AvgIpc) is 2.21. The zero-order valence-corrected chi connectivity index (χ0v) is 8.44. The maximum Gasteiger partial charge on any atom is 0.267 e. The average molecular weight is 219 g/mol. The van der Waals surface area contributed by atoms with Crippen molar-refractivity contribution in [1.82, 2.24) is 9.78 Å². The van der Waals surface area contributed by atoms with Crippen molar-refractivity contribution in [1.29, 1.82) is 0 Å². The Morgan fingerprint density at radius 3 is 3.00 bits per heavy atom. The molecule has 1 unspecified atom stereocenters. The summed E-state index contributed by atoms with van der Waals surface area (Å²) in [7, 11) is 1.45. The first-order chi connectivity index (χ1) is 6.67. The molecule has 1 N–H and O–H groups in total. The van der Waals surface area contributed by atoms with Crippen LogP contribution in [0.1, 0.15) is 0 Å². The molecule has 14 heavy (non-hydrogen) atoms. The first kappa shape index (κ1) is 11.0. The van der Waals surface area contributed by atoms with Crippen molar-refractivity contribution in [3.63, 3.8) is 0 Å². The lowest BCUT2D eigenvalue weighted by Gasteiger charge is -2.08. The molecule has 5 nitrogen and oxygen atoms in total. The van der Waals surface area contributed by atoms with Crippen molar-refractivity contribution in [3.05, 3.63) is 22.5 Å². The van der Waals surface area contributed by atoms with Crippen molar-refractivity contribution in [3.8, 4) is 5.88 Å². The summed E-state index contributed by atoms with van der Waals surface area (Å²) < 4.78 is 5.96. The summed E-state index contributed by atoms with van der Waals surface area (Å²) >= 11 is 5.40. The smallest absolute Gasteiger partial charge is 0.267 e. The van der Waals surface area contributed by atoms with Gasteiger partial charge in [0.15, 0.2) is 0 Å². The molecule has 0 aliphatic rings. The molecule has 0 bridgehead atoms. The molecule has 0 amide bonds. The molecule has 6 heteroatoms. The Morgan fingerprint density at radius 2 is 2.43 bits per heavy atom. The second-order valence-electron chi connectivity index (χ2n) is 2.70. The molecule has 78 valence electrons. The maximum absolute atomic E-state index is 11.2. The van der Waals surface area contributed by atoms with Gasteiger partial charge >= 0.3 is 0 Å². The van der Waals surface area contributed by atoms with E-state index in [2.05, 4.69) is 5.10 Å². The van der Waals surface area contributed by atoms with Crippen molar-refractivity contribution in [2.75, 3.05) is 13.0 Å². The lowest BCUT2D eigenvalue weighted by atomic mass is 10.4. The highest BCUT2D eigenvalue weighted by Crippen LogP contribution is 2.00. The van der Waals surface area contributed by atoms with Crippen LogP contribution in [-0.4, -0.2) is 34.0 Å². The SMILES string of the molecule is COc1ccc(=O)n(CC(O)CCl)n1. The molecule has 1 heterocycles. The van der Waals surface area contributed by atoms with Crippen molar-refractivity contribution < 1.29 is 9.84 Å². The molecule has 1 rings (SSSR count). The third kappa shape index (κ3) is 2.71. The molecule has 0 aliphatic heterocycles. The van der Waals surface area contributed by atoms with Gasteiger partial charge in [-0.3, -0.25) is 4.79 Å². The zero-order chi connectivity index (χ0) is 10.6. The molecule has 0 saturated carbocycles. The van der Waals surface area contributed by atoms with Gasteiger partial charge in [0, 0.05) is 12.1 Å². The van der Waals surface area contributed by atoms with Crippen LogP contribution in [0.15, 0.2) is 16.9 Å². The number of nitrogens with zero attached hydrogens (tertiary/aromatic N) is 2. The topological polar surface area (TPSA) is 64.3 Å². The third-order valence-corrected chi connectivity index (χ3v) is 1.97. The lowest BCUT2D eigenvalue weighted by Crippen LogP contribution is -2.29. The van der Waals surface area contributed by atoms with E-state index in [1.54, 1.807) is 0 Å². The van der Waals surface area contributed by atoms with E-state index in [0.29, 0.717) is 5.88 Å². The van der Waals surface area contributed by atoms with Crippen LogP contribution in [-0.2, 0) is 6.54 Å². The van der Waals surface area contributed by atoms with Gasteiger partial charge in [0.1, 0.15) is 0 Å². The number of ether oxygens (including phenoxy) is 1. The van der Waals surface area contributed by atoms with Crippen LogP contribution in [0.5, 0.6) is 5.88 Å². The predicted octanol–water partition coefficient (Wildman–Crippen LogP) is -0.148. The van der Waals surface area contributed by atoms with E-state index in [9.17, 15) is 9.90 Å². The molecule has 0 aliphatic carbocycles.